The summed E-state index contributed by atoms with van der Waals surface area (Å²) in [6, 6.07) is 114. The summed E-state index contributed by atoms with van der Waals surface area (Å²) in [7, 11) is 0. The van der Waals surface area contributed by atoms with E-state index in [0.29, 0.717) is 5.82 Å². The summed E-state index contributed by atoms with van der Waals surface area (Å²) >= 11 is 0. The van der Waals surface area contributed by atoms with Gasteiger partial charge in [-0.3, -0.25) is 0 Å². The fourth-order valence-corrected chi connectivity index (χ4v) is 14.4. The number of aromatic nitrogens is 4. The van der Waals surface area contributed by atoms with E-state index in [1.54, 1.807) is 0 Å². The Kier molecular flexibility index (Phi) is 11.1. The van der Waals surface area contributed by atoms with Gasteiger partial charge in [0.2, 0.25) is 0 Å². The van der Waals surface area contributed by atoms with Gasteiger partial charge < -0.3 is 9.13 Å². The third-order valence-electron chi connectivity index (χ3n) is 18.2. The first kappa shape index (κ1) is 49.1. The van der Waals surface area contributed by atoms with Crippen molar-refractivity contribution in [2.75, 3.05) is 0 Å². The van der Waals surface area contributed by atoms with E-state index in [1.165, 1.54) is 93.5 Å². The molecule has 0 unspecified atom stereocenters. The standard InChI is InChI=1S/C82H51BN4/c1-9-25-52(26-10-1)60-43-67-77-65(56-33-17-5-18-34-56)41-62(54-29-13-3-14-30-54)47-73(77)86-75-49-64(82-84-71(58-37-21-7-22-38-58)51-72(85-82)59-39-23-8-24-40-59)50-76-79(75)83(69(45-60)80(67)86)70-46-61(53-27-11-2-12-28-53)44-68-78-66(57-35-19-6-20-36-57)42-63(55-31-15-4-16-32-55)48-74(78)87(76)81(68)70/h1-51H. The molecule has 4 nitrogen and oxygen atoms in total. The quantitative estimate of drug-likeness (QED) is 0.135. The molecule has 0 atom stereocenters. The first-order valence-corrected chi connectivity index (χ1v) is 30.0. The molecule has 402 valence electrons. The van der Waals surface area contributed by atoms with E-state index in [2.05, 4.69) is 319 Å². The van der Waals surface area contributed by atoms with Gasteiger partial charge in [0, 0.05) is 60.6 Å². The number of benzene rings is 13. The largest absolute Gasteiger partial charge is 0.310 e. The highest BCUT2D eigenvalue weighted by atomic mass is 15.0. The summed E-state index contributed by atoms with van der Waals surface area (Å²) in [5, 5.41) is 4.86. The highest BCUT2D eigenvalue weighted by Gasteiger charge is 2.43. The van der Waals surface area contributed by atoms with Crippen LogP contribution in [0.5, 0.6) is 0 Å². The van der Waals surface area contributed by atoms with Crippen LogP contribution in [-0.4, -0.2) is 25.8 Å². The van der Waals surface area contributed by atoms with Gasteiger partial charge in [0.25, 0.3) is 6.71 Å². The predicted molar refractivity (Wildman–Crippen MR) is 364 cm³/mol. The number of rotatable bonds is 9. The number of hydrogen-bond donors (Lipinski definition) is 0. The number of nitrogens with zero attached hydrogens (tertiary/aromatic N) is 4. The highest BCUT2D eigenvalue weighted by molar-refractivity contribution is 7.00. The van der Waals surface area contributed by atoms with Crippen LogP contribution in [0.15, 0.2) is 309 Å². The maximum absolute atomic E-state index is 5.62. The van der Waals surface area contributed by atoms with Gasteiger partial charge in [-0.05, 0) is 138 Å². The van der Waals surface area contributed by atoms with Crippen molar-refractivity contribution in [2.45, 2.75) is 0 Å². The van der Waals surface area contributed by atoms with Crippen LogP contribution in [0.4, 0.5) is 0 Å². The summed E-state index contributed by atoms with van der Waals surface area (Å²) in [4.78, 5) is 11.2. The normalized spacial score (nSPS) is 12.1. The van der Waals surface area contributed by atoms with Crippen LogP contribution < -0.4 is 16.4 Å². The average molecular weight is 1100 g/mol. The molecule has 0 saturated heterocycles. The zero-order chi connectivity index (χ0) is 57.1. The van der Waals surface area contributed by atoms with Crippen LogP contribution >= 0.6 is 0 Å². The van der Waals surface area contributed by atoms with Crippen LogP contribution in [0.25, 0.3) is 156 Å². The van der Waals surface area contributed by atoms with E-state index < -0.39 is 0 Å². The topological polar surface area (TPSA) is 35.6 Å². The molecule has 0 radical (unpaired) electrons. The van der Waals surface area contributed by atoms with E-state index in [0.717, 1.165) is 72.7 Å². The van der Waals surface area contributed by atoms with Crippen molar-refractivity contribution in [3.05, 3.63) is 309 Å². The lowest BCUT2D eigenvalue weighted by atomic mass is 9.34. The first-order valence-electron chi connectivity index (χ1n) is 30.0. The van der Waals surface area contributed by atoms with Gasteiger partial charge in [0.15, 0.2) is 5.82 Å². The van der Waals surface area contributed by atoms with Gasteiger partial charge in [-0.1, -0.05) is 255 Å². The van der Waals surface area contributed by atoms with Gasteiger partial charge in [0.1, 0.15) is 0 Å². The molecule has 16 aromatic rings. The van der Waals surface area contributed by atoms with Crippen molar-refractivity contribution in [3.63, 3.8) is 0 Å². The third kappa shape index (κ3) is 7.80. The molecule has 0 aliphatic carbocycles. The minimum absolute atomic E-state index is 0.200. The van der Waals surface area contributed by atoms with Crippen LogP contribution in [0.2, 0.25) is 0 Å². The lowest BCUT2D eigenvalue weighted by Crippen LogP contribution is -2.59. The molecule has 0 amide bonds. The van der Waals surface area contributed by atoms with Crippen molar-refractivity contribution in [1.29, 1.82) is 0 Å². The summed E-state index contributed by atoms with van der Waals surface area (Å²) < 4.78 is 5.26. The number of fused-ring (bicyclic) bond motifs is 10. The van der Waals surface area contributed by atoms with E-state index in [4.69, 9.17) is 9.97 Å². The predicted octanol–water partition coefficient (Wildman–Crippen LogP) is 18.8. The molecule has 5 heteroatoms. The molecule has 0 saturated carbocycles. The molecule has 5 heterocycles. The molecule has 13 aromatic carbocycles. The van der Waals surface area contributed by atoms with Crippen LogP contribution in [0, 0.1) is 0 Å². The van der Waals surface area contributed by atoms with Gasteiger partial charge in [-0.15, -0.1) is 0 Å². The Morgan fingerprint density at radius 3 is 0.908 bits per heavy atom. The summed E-state index contributed by atoms with van der Waals surface area (Å²) in [6.07, 6.45) is 0. The van der Waals surface area contributed by atoms with Gasteiger partial charge >= 0.3 is 0 Å². The number of hydrogen-bond acceptors (Lipinski definition) is 2. The molecule has 18 rings (SSSR count). The lowest BCUT2D eigenvalue weighted by Gasteiger charge is -2.34. The summed E-state index contributed by atoms with van der Waals surface area (Å²) in [6.45, 7) is -0.200. The van der Waals surface area contributed by atoms with Crippen molar-refractivity contribution in [2.24, 2.45) is 0 Å². The highest BCUT2D eigenvalue weighted by Crippen LogP contribution is 2.48. The van der Waals surface area contributed by atoms with Crippen molar-refractivity contribution in [3.8, 4) is 112 Å². The summed E-state index contributed by atoms with van der Waals surface area (Å²) in [5.74, 6) is 0.659. The Labute approximate surface area is 504 Å². The zero-order valence-electron chi connectivity index (χ0n) is 47.3. The fraction of sp³-hybridized carbons (Fsp3) is 0. The molecule has 0 N–H and O–H groups in total. The van der Waals surface area contributed by atoms with Crippen molar-refractivity contribution >= 4 is 66.7 Å². The Morgan fingerprint density at radius 2 is 0.563 bits per heavy atom. The van der Waals surface area contributed by atoms with Crippen LogP contribution in [-0.2, 0) is 0 Å². The molecule has 2 aliphatic rings. The molecule has 2 aliphatic heterocycles. The van der Waals surface area contributed by atoms with Gasteiger partial charge in [-0.2, -0.15) is 0 Å². The fourth-order valence-electron chi connectivity index (χ4n) is 14.4. The van der Waals surface area contributed by atoms with Gasteiger partial charge in [0.05, 0.1) is 22.4 Å². The molecule has 0 spiro atoms. The Balaban J connectivity index is 1.06. The van der Waals surface area contributed by atoms with E-state index in [1.807, 2.05) is 0 Å². The smallest absolute Gasteiger partial charge is 0.252 e. The molecule has 0 fully saturated rings. The van der Waals surface area contributed by atoms with Crippen LogP contribution in [0.1, 0.15) is 0 Å². The molecule has 87 heavy (non-hydrogen) atoms. The Hall–Kier alpha value is -11.4. The average Bonchev–Trinajstić information content (AvgIpc) is 1.59. The second kappa shape index (κ2) is 19.6. The maximum atomic E-state index is 5.62. The first-order chi connectivity index (χ1) is 43.1. The molecule has 3 aromatic heterocycles. The van der Waals surface area contributed by atoms with E-state index in [9.17, 15) is 0 Å². The molecule has 0 bridgehead atoms. The molecular formula is C82H51BN4. The second-order valence-electron chi connectivity index (χ2n) is 23.2. The summed E-state index contributed by atoms with van der Waals surface area (Å²) in [5.41, 5.74) is 29.5. The SMILES string of the molecule is c1ccc(-c2cc3c4c(c2)c2c(-c5ccccc5)cc(-c5ccccc5)cc2n4-c2cc(-c4nc(-c5ccccc5)cc(-c5ccccc5)n4)cc4c2B3c2cc(-c3ccccc3)cc3c5c(-c6ccccc6)cc(-c6ccccc6)cc5n-4c23)cc1. The Morgan fingerprint density at radius 1 is 0.253 bits per heavy atom. The van der Waals surface area contributed by atoms with E-state index >= 15 is 0 Å². The van der Waals surface area contributed by atoms with Crippen molar-refractivity contribution < 1.29 is 0 Å². The minimum atomic E-state index is -0.200. The van der Waals surface area contributed by atoms with Crippen LogP contribution in [0.3, 0.4) is 0 Å². The maximum Gasteiger partial charge on any atom is 0.252 e. The monoisotopic (exact) mass is 1100 g/mol. The third-order valence-corrected chi connectivity index (χ3v) is 18.2. The van der Waals surface area contributed by atoms with Crippen molar-refractivity contribution in [1.82, 2.24) is 19.1 Å². The van der Waals surface area contributed by atoms with Gasteiger partial charge in [-0.25, -0.2) is 9.97 Å². The molecular weight excluding hydrogens is 1050 g/mol. The minimum Gasteiger partial charge on any atom is -0.310 e. The van der Waals surface area contributed by atoms with E-state index in [-0.39, 0.29) is 6.71 Å². The Bertz CT molecular complexity index is 5060. The lowest BCUT2D eigenvalue weighted by molar-refractivity contribution is 1.13. The zero-order valence-corrected chi connectivity index (χ0v) is 47.3. The second-order valence-corrected chi connectivity index (χ2v) is 23.2.